The summed E-state index contributed by atoms with van der Waals surface area (Å²) in [6.45, 7) is 1.66. The van der Waals surface area contributed by atoms with Crippen LogP contribution >= 0.6 is 0 Å². The summed E-state index contributed by atoms with van der Waals surface area (Å²) in [6.07, 6.45) is 1.58. The highest BCUT2D eigenvalue weighted by molar-refractivity contribution is 5.95. The Morgan fingerprint density at radius 2 is 2.07 bits per heavy atom. The fourth-order valence-electron chi connectivity index (χ4n) is 3.38. The number of ether oxygens (including phenoxy) is 2. The van der Waals surface area contributed by atoms with Gasteiger partial charge in [0.05, 0.1) is 48.3 Å². The predicted molar refractivity (Wildman–Crippen MR) is 104 cm³/mol. The molecule has 0 spiro atoms. The lowest BCUT2D eigenvalue weighted by Gasteiger charge is -2.30. The number of rotatable bonds is 5. The van der Waals surface area contributed by atoms with Crippen LogP contribution < -0.4 is 15.6 Å². The number of allylic oxidation sites excluding steroid dienone is 1. The molecule has 146 valence electrons. The number of esters is 1. The van der Waals surface area contributed by atoms with Gasteiger partial charge in [0.2, 0.25) is 0 Å². The SMILES string of the molecule is COc1cc(C#N)ccc1C1C(C(=O)OCCC#N)=C(C)Nc2cc[nH]c(=O)c21. The number of aromatic nitrogens is 1. The Hall–Kier alpha value is -4.04. The summed E-state index contributed by atoms with van der Waals surface area (Å²) in [7, 11) is 1.46. The molecule has 0 amide bonds. The molecule has 8 heteroatoms. The Morgan fingerprint density at radius 3 is 2.76 bits per heavy atom. The largest absolute Gasteiger partial charge is 0.496 e. The van der Waals surface area contributed by atoms with Gasteiger partial charge in [0.15, 0.2) is 0 Å². The summed E-state index contributed by atoms with van der Waals surface area (Å²) < 4.78 is 10.7. The second kappa shape index (κ2) is 8.32. The second-order valence-electron chi connectivity index (χ2n) is 6.34. The molecular formula is C21H18N4O4. The zero-order chi connectivity index (χ0) is 21.0. The van der Waals surface area contributed by atoms with E-state index in [9.17, 15) is 14.9 Å². The minimum absolute atomic E-state index is 0.0542. The number of benzene rings is 1. The molecule has 1 aliphatic rings. The number of aromatic amines is 1. The molecule has 1 aromatic heterocycles. The number of hydrogen-bond donors (Lipinski definition) is 2. The minimum atomic E-state index is -0.770. The average molecular weight is 390 g/mol. The lowest BCUT2D eigenvalue weighted by atomic mass is 9.80. The number of H-pyrrole nitrogens is 1. The first-order valence-electron chi connectivity index (χ1n) is 8.83. The van der Waals surface area contributed by atoms with E-state index in [4.69, 9.17) is 14.7 Å². The van der Waals surface area contributed by atoms with Crippen molar-refractivity contribution in [2.24, 2.45) is 0 Å². The number of nitrogens with zero attached hydrogens (tertiary/aromatic N) is 2. The summed E-state index contributed by atoms with van der Waals surface area (Å²) >= 11 is 0. The number of carbonyl (C=O) groups excluding carboxylic acids is 1. The molecule has 0 bridgehead atoms. The molecule has 1 atom stereocenters. The third-order valence-electron chi connectivity index (χ3n) is 4.64. The topological polar surface area (TPSA) is 128 Å². The highest BCUT2D eigenvalue weighted by Gasteiger charge is 2.36. The fourth-order valence-corrected chi connectivity index (χ4v) is 3.38. The van der Waals surface area contributed by atoms with E-state index in [0.717, 1.165) is 0 Å². The molecule has 0 aliphatic carbocycles. The van der Waals surface area contributed by atoms with Gasteiger partial charge in [0, 0.05) is 23.1 Å². The van der Waals surface area contributed by atoms with Gasteiger partial charge in [0.25, 0.3) is 5.56 Å². The van der Waals surface area contributed by atoms with E-state index in [0.29, 0.717) is 33.8 Å². The Kier molecular flexibility index (Phi) is 5.66. The molecule has 3 rings (SSSR count). The van der Waals surface area contributed by atoms with E-state index in [2.05, 4.69) is 10.3 Å². The third-order valence-corrected chi connectivity index (χ3v) is 4.64. The van der Waals surface area contributed by atoms with Crippen LogP contribution in [0.3, 0.4) is 0 Å². The molecule has 0 fully saturated rings. The monoisotopic (exact) mass is 390 g/mol. The zero-order valence-corrected chi connectivity index (χ0v) is 15.9. The van der Waals surface area contributed by atoms with Crippen molar-refractivity contribution in [1.29, 1.82) is 10.5 Å². The molecule has 1 aromatic carbocycles. The maximum atomic E-state index is 12.9. The number of methoxy groups -OCH3 is 1. The minimum Gasteiger partial charge on any atom is -0.496 e. The summed E-state index contributed by atoms with van der Waals surface area (Å²) in [6, 6.07) is 10.5. The molecule has 1 aliphatic heterocycles. The van der Waals surface area contributed by atoms with E-state index in [1.807, 2.05) is 12.1 Å². The number of anilines is 1. The van der Waals surface area contributed by atoms with Crippen molar-refractivity contribution in [1.82, 2.24) is 4.98 Å². The summed E-state index contributed by atoms with van der Waals surface area (Å²) in [5.41, 5.74) is 2.26. The van der Waals surface area contributed by atoms with Gasteiger partial charge in [-0.1, -0.05) is 6.07 Å². The smallest absolute Gasteiger partial charge is 0.336 e. The summed E-state index contributed by atoms with van der Waals surface area (Å²) in [5.74, 6) is -1.02. The fraction of sp³-hybridized carbons (Fsp3) is 0.238. The van der Waals surface area contributed by atoms with E-state index in [-0.39, 0.29) is 24.2 Å². The predicted octanol–water partition coefficient (Wildman–Crippen LogP) is 2.54. The highest BCUT2D eigenvalue weighted by atomic mass is 16.5. The molecule has 2 heterocycles. The summed E-state index contributed by atoms with van der Waals surface area (Å²) in [4.78, 5) is 28.2. The number of pyridine rings is 1. The molecule has 0 radical (unpaired) electrons. The van der Waals surface area contributed by atoms with Gasteiger partial charge in [-0.3, -0.25) is 4.79 Å². The number of hydrogen-bond acceptors (Lipinski definition) is 7. The first-order valence-corrected chi connectivity index (χ1v) is 8.83. The van der Waals surface area contributed by atoms with Crippen molar-refractivity contribution in [3.05, 3.63) is 68.8 Å². The number of carbonyl (C=O) groups is 1. The van der Waals surface area contributed by atoms with E-state index < -0.39 is 11.9 Å². The Morgan fingerprint density at radius 1 is 1.28 bits per heavy atom. The number of nitrogens with one attached hydrogen (secondary N) is 2. The van der Waals surface area contributed by atoms with Crippen molar-refractivity contribution in [3.8, 4) is 17.9 Å². The first kappa shape index (κ1) is 19.7. The van der Waals surface area contributed by atoms with E-state index in [1.165, 1.54) is 13.3 Å². The normalized spacial score (nSPS) is 14.8. The Bertz CT molecular complexity index is 1130. The van der Waals surface area contributed by atoms with Crippen LogP contribution in [0.1, 0.15) is 36.0 Å². The lowest BCUT2D eigenvalue weighted by Crippen LogP contribution is -2.30. The van der Waals surface area contributed by atoms with Crippen molar-refractivity contribution in [2.45, 2.75) is 19.3 Å². The van der Waals surface area contributed by atoms with Crippen LogP contribution in [0.4, 0.5) is 5.69 Å². The van der Waals surface area contributed by atoms with Gasteiger partial charge in [-0.2, -0.15) is 10.5 Å². The van der Waals surface area contributed by atoms with Gasteiger partial charge in [-0.15, -0.1) is 0 Å². The molecule has 1 unspecified atom stereocenters. The molecular weight excluding hydrogens is 372 g/mol. The average Bonchev–Trinajstić information content (AvgIpc) is 2.72. The Labute approximate surface area is 167 Å². The van der Waals surface area contributed by atoms with Gasteiger partial charge >= 0.3 is 5.97 Å². The maximum absolute atomic E-state index is 12.9. The van der Waals surface area contributed by atoms with Crippen LogP contribution in [0.2, 0.25) is 0 Å². The van der Waals surface area contributed by atoms with Gasteiger partial charge in [-0.25, -0.2) is 4.79 Å². The van der Waals surface area contributed by atoms with Gasteiger partial charge < -0.3 is 19.8 Å². The maximum Gasteiger partial charge on any atom is 0.336 e. The van der Waals surface area contributed by atoms with Crippen LogP contribution in [-0.2, 0) is 9.53 Å². The highest BCUT2D eigenvalue weighted by Crippen LogP contribution is 2.43. The van der Waals surface area contributed by atoms with Crippen LogP contribution in [0, 0.1) is 22.7 Å². The van der Waals surface area contributed by atoms with Crippen molar-refractivity contribution >= 4 is 11.7 Å². The molecule has 8 nitrogen and oxygen atoms in total. The number of nitriles is 2. The standard InChI is InChI=1S/C21H18N4O4/c1-12-17(21(27)29-9-3-7-22)18(19-15(25-12)6-8-24-20(19)26)14-5-4-13(11-23)10-16(14)28-2/h4-6,8,10,18,25H,3,9H2,1-2H3,(H,24,26). The van der Waals surface area contributed by atoms with Crippen LogP contribution in [0.15, 0.2) is 46.5 Å². The third kappa shape index (κ3) is 3.69. The molecule has 29 heavy (non-hydrogen) atoms. The first-order chi connectivity index (χ1) is 14.0. The second-order valence-corrected chi connectivity index (χ2v) is 6.34. The lowest BCUT2D eigenvalue weighted by molar-refractivity contribution is -0.139. The van der Waals surface area contributed by atoms with Crippen molar-refractivity contribution in [3.63, 3.8) is 0 Å². The van der Waals surface area contributed by atoms with Crippen LogP contribution in [-0.4, -0.2) is 24.7 Å². The quantitative estimate of drug-likeness (QED) is 0.593. The van der Waals surface area contributed by atoms with Crippen LogP contribution in [0.25, 0.3) is 0 Å². The zero-order valence-electron chi connectivity index (χ0n) is 15.9. The number of fused-ring (bicyclic) bond motifs is 1. The molecule has 0 saturated carbocycles. The van der Waals surface area contributed by atoms with Crippen molar-refractivity contribution < 1.29 is 14.3 Å². The molecule has 0 saturated heterocycles. The summed E-state index contributed by atoms with van der Waals surface area (Å²) in [5, 5.41) is 21.0. The van der Waals surface area contributed by atoms with Crippen LogP contribution in [0.5, 0.6) is 5.75 Å². The van der Waals surface area contributed by atoms with Gasteiger partial charge in [-0.05, 0) is 25.1 Å². The van der Waals surface area contributed by atoms with Crippen molar-refractivity contribution in [2.75, 3.05) is 19.0 Å². The Balaban J connectivity index is 2.22. The van der Waals surface area contributed by atoms with Gasteiger partial charge in [0.1, 0.15) is 12.4 Å². The molecule has 2 aromatic rings. The van der Waals surface area contributed by atoms with E-state index in [1.54, 1.807) is 31.2 Å². The molecule has 2 N–H and O–H groups in total. The van der Waals surface area contributed by atoms with E-state index >= 15 is 0 Å².